The van der Waals surface area contributed by atoms with Crippen molar-refractivity contribution in [3.63, 3.8) is 0 Å². The molecule has 1 aliphatic rings. The molecule has 0 bridgehead atoms. The van der Waals surface area contributed by atoms with E-state index in [4.69, 9.17) is 32.7 Å². The van der Waals surface area contributed by atoms with Gasteiger partial charge in [0, 0.05) is 17.2 Å². The first-order chi connectivity index (χ1) is 10.1. The third kappa shape index (κ3) is 2.67. The van der Waals surface area contributed by atoms with Crippen molar-refractivity contribution in [3.05, 3.63) is 57.3 Å². The van der Waals surface area contributed by atoms with Gasteiger partial charge >= 0.3 is 0 Å². The molecule has 1 unspecified atom stereocenters. The SMILES string of the molecule is OC(c1cc2c(cc1Cl)OCCO2)c1cccc(Cl)c1F. The topological polar surface area (TPSA) is 38.7 Å². The van der Waals surface area contributed by atoms with Crippen molar-refractivity contribution < 1.29 is 19.0 Å². The minimum atomic E-state index is -1.24. The monoisotopic (exact) mass is 328 g/mol. The molecule has 0 amide bonds. The standard InChI is InChI=1S/C15H11Cl2FO3/c16-10-3-1-2-8(14(10)18)15(19)9-6-12-13(7-11(9)17)21-5-4-20-12/h1-3,6-7,15,19H,4-5H2. The fraction of sp³-hybridized carbons (Fsp3) is 0.200. The number of benzene rings is 2. The van der Waals surface area contributed by atoms with Gasteiger partial charge in [0.2, 0.25) is 0 Å². The van der Waals surface area contributed by atoms with Crippen LogP contribution in [0.15, 0.2) is 30.3 Å². The van der Waals surface area contributed by atoms with E-state index in [1.807, 2.05) is 0 Å². The normalized spacial score (nSPS) is 14.9. The van der Waals surface area contributed by atoms with Crippen LogP contribution in [0.25, 0.3) is 0 Å². The predicted molar refractivity (Wildman–Crippen MR) is 77.9 cm³/mol. The Bertz CT molecular complexity index is 691. The lowest BCUT2D eigenvalue weighted by Gasteiger charge is -2.21. The molecule has 0 saturated heterocycles. The van der Waals surface area contributed by atoms with Gasteiger partial charge in [0.1, 0.15) is 25.1 Å². The molecule has 1 atom stereocenters. The second-order valence-corrected chi connectivity index (χ2v) is 5.38. The van der Waals surface area contributed by atoms with Gasteiger partial charge < -0.3 is 14.6 Å². The van der Waals surface area contributed by atoms with Crippen LogP contribution in [0.4, 0.5) is 4.39 Å². The van der Waals surface area contributed by atoms with Crippen LogP contribution >= 0.6 is 23.2 Å². The first-order valence-electron chi connectivity index (χ1n) is 6.29. The molecule has 1 heterocycles. The lowest BCUT2D eigenvalue weighted by molar-refractivity contribution is 0.169. The Hall–Kier alpha value is -1.49. The zero-order valence-electron chi connectivity index (χ0n) is 10.8. The molecule has 2 aromatic carbocycles. The van der Waals surface area contributed by atoms with Crippen molar-refractivity contribution in [3.8, 4) is 11.5 Å². The summed E-state index contributed by atoms with van der Waals surface area (Å²) in [5.41, 5.74) is 0.392. The molecular weight excluding hydrogens is 318 g/mol. The smallest absolute Gasteiger partial charge is 0.162 e. The van der Waals surface area contributed by atoms with Crippen molar-refractivity contribution in [2.45, 2.75) is 6.10 Å². The lowest BCUT2D eigenvalue weighted by atomic mass is 10.0. The quantitative estimate of drug-likeness (QED) is 0.906. The van der Waals surface area contributed by atoms with Gasteiger partial charge in [-0.1, -0.05) is 35.3 Å². The zero-order valence-corrected chi connectivity index (χ0v) is 12.3. The van der Waals surface area contributed by atoms with E-state index in [2.05, 4.69) is 0 Å². The average Bonchev–Trinajstić information content (AvgIpc) is 2.48. The van der Waals surface area contributed by atoms with E-state index in [9.17, 15) is 9.50 Å². The van der Waals surface area contributed by atoms with Crippen LogP contribution < -0.4 is 9.47 Å². The number of fused-ring (bicyclic) bond motifs is 1. The van der Waals surface area contributed by atoms with E-state index in [-0.39, 0.29) is 15.6 Å². The van der Waals surface area contributed by atoms with Crippen molar-refractivity contribution in [1.82, 2.24) is 0 Å². The zero-order chi connectivity index (χ0) is 15.0. The number of aliphatic hydroxyl groups is 1. The lowest BCUT2D eigenvalue weighted by Crippen LogP contribution is -2.16. The van der Waals surface area contributed by atoms with Gasteiger partial charge in [-0.3, -0.25) is 0 Å². The molecule has 0 saturated carbocycles. The van der Waals surface area contributed by atoms with E-state index in [1.54, 1.807) is 18.2 Å². The largest absolute Gasteiger partial charge is 0.486 e. The van der Waals surface area contributed by atoms with E-state index in [0.717, 1.165) is 0 Å². The van der Waals surface area contributed by atoms with Gasteiger partial charge in [0.25, 0.3) is 0 Å². The molecule has 0 aliphatic carbocycles. The molecule has 3 nitrogen and oxygen atoms in total. The van der Waals surface area contributed by atoms with Crippen LogP contribution in [-0.4, -0.2) is 18.3 Å². The number of hydrogen-bond acceptors (Lipinski definition) is 3. The Balaban J connectivity index is 2.05. The molecule has 0 spiro atoms. The highest BCUT2D eigenvalue weighted by molar-refractivity contribution is 6.31. The first kappa shape index (κ1) is 14.4. The second kappa shape index (κ2) is 5.72. The Labute approximate surface area is 130 Å². The van der Waals surface area contributed by atoms with E-state index in [1.165, 1.54) is 12.1 Å². The Morgan fingerprint density at radius 2 is 1.67 bits per heavy atom. The third-order valence-corrected chi connectivity index (χ3v) is 3.85. The Morgan fingerprint density at radius 1 is 1.00 bits per heavy atom. The molecule has 0 aromatic heterocycles. The Kier molecular flexibility index (Phi) is 3.93. The Morgan fingerprint density at radius 3 is 2.38 bits per heavy atom. The van der Waals surface area contributed by atoms with Gasteiger partial charge in [-0.2, -0.15) is 0 Å². The van der Waals surface area contributed by atoms with Crippen LogP contribution in [0, 0.1) is 5.82 Å². The summed E-state index contributed by atoms with van der Waals surface area (Å²) in [6, 6.07) is 7.55. The first-order valence-corrected chi connectivity index (χ1v) is 7.04. The minimum absolute atomic E-state index is 0.0554. The van der Waals surface area contributed by atoms with E-state index in [0.29, 0.717) is 30.3 Å². The van der Waals surface area contributed by atoms with Crippen LogP contribution in [0.1, 0.15) is 17.2 Å². The van der Waals surface area contributed by atoms with E-state index >= 15 is 0 Å². The molecule has 1 aliphatic heterocycles. The minimum Gasteiger partial charge on any atom is -0.486 e. The van der Waals surface area contributed by atoms with Gasteiger partial charge in [0.15, 0.2) is 11.5 Å². The fourth-order valence-corrected chi connectivity index (χ4v) is 2.63. The molecule has 2 aromatic rings. The highest BCUT2D eigenvalue weighted by Crippen LogP contribution is 2.40. The average molecular weight is 329 g/mol. The highest BCUT2D eigenvalue weighted by atomic mass is 35.5. The number of rotatable bonds is 2. The molecule has 21 heavy (non-hydrogen) atoms. The van der Waals surface area contributed by atoms with E-state index < -0.39 is 11.9 Å². The molecule has 0 radical (unpaired) electrons. The number of aliphatic hydroxyl groups excluding tert-OH is 1. The van der Waals surface area contributed by atoms with Crippen molar-refractivity contribution in [2.75, 3.05) is 13.2 Å². The number of halogens is 3. The second-order valence-electron chi connectivity index (χ2n) is 4.56. The van der Waals surface area contributed by atoms with Gasteiger partial charge in [-0.25, -0.2) is 4.39 Å². The number of ether oxygens (including phenoxy) is 2. The van der Waals surface area contributed by atoms with Crippen LogP contribution in [-0.2, 0) is 0 Å². The maximum absolute atomic E-state index is 14.0. The van der Waals surface area contributed by atoms with Gasteiger partial charge in [0.05, 0.1) is 10.0 Å². The summed E-state index contributed by atoms with van der Waals surface area (Å²) in [5, 5.41) is 10.6. The molecule has 6 heteroatoms. The van der Waals surface area contributed by atoms with Crippen molar-refractivity contribution in [2.24, 2.45) is 0 Å². The summed E-state index contributed by atoms with van der Waals surface area (Å²) in [6.07, 6.45) is -1.24. The van der Waals surface area contributed by atoms with Gasteiger partial charge in [-0.15, -0.1) is 0 Å². The summed E-state index contributed by atoms with van der Waals surface area (Å²) in [6.45, 7) is 0.851. The fourth-order valence-electron chi connectivity index (χ4n) is 2.19. The predicted octanol–water partition coefficient (Wildman–Crippen LogP) is 3.99. The molecule has 0 fully saturated rings. The summed E-state index contributed by atoms with van der Waals surface area (Å²) in [7, 11) is 0. The van der Waals surface area contributed by atoms with Crippen LogP contribution in [0.5, 0.6) is 11.5 Å². The van der Waals surface area contributed by atoms with Crippen LogP contribution in [0.2, 0.25) is 10.0 Å². The van der Waals surface area contributed by atoms with Crippen molar-refractivity contribution >= 4 is 23.2 Å². The van der Waals surface area contributed by atoms with Crippen molar-refractivity contribution in [1.29, 1.82) is 0 Å². The summed E-state index contributed by atoms with van der Waals surface area (Å²) in [5.74, 6) is 0.313. The van der Waals surface area contributed by atoms with Gasteiger partial charge in [-0.05, 0) is 12.1 Å². The number of hydrogen-bond donors (Lipinski definition) is 1. The molecule has 3 rings (SSSR count). The summed E-state index contributed by atoms with van der Waals surface area (Å²) in [4.78, 5) is 0. The van der Waals surface area contributed by atoms with Crippen LogP contribution in [0.3, 0.4) is 0 Å². The molecule has 1 N–H and O–H groups in total. The maximum atomic E-state index is 14.0. The maximum Gasteiger partial charge on any atom is 0.162 e. The summed E-state index contributed by atoms with van der Waals surface area (Å²) < 4.78 is 24.9. The summed E-state index contributed by atoms with van der Waals surface area (Å²) >= 11 is 11.9. The molecule has 110 valence electrons. The molecular formula is C15H11Cl2FO3. The third-order valence-electron chi connectivity index (χ3n) is 3.23. The highest BCUT2D eigenvalue weighted by Gasteiger charge is 2.23.